The van der Waals surface area contributed by atoms with E-state index in [-0.39, 0.29) is 0 Å². The molecule has 0 saturated heterocycles. The molecule has 1 radical (unpaired) electrons. The molecule has 1 N–H and O–H groups in total. The number of rotatable bonds is 2. The molecule has 20 heavy (non-hydrogen) atoms. The predicted octanol–water partition coefficient (Wildman–Crippen LogP) is 3.22. The van der Waals surface area contributed by atoms with E-state index in [9.17, 15) is 0 Å². The largest absolute Gasteiger partial charge is 0.346 e. The van der Waals surface area contributed by atoms with Crippen molar-refractivity contribution in [3.8, 4) is 16.8 Å². The molecule has 0 atom stereocenters. The number of aromatic amines is 1. The normalized spacial score (nSPS) is 11.0. The number of H-pyrrole nitrogens is 1. The maximum absolute atomic E-state index is 4.45. The zero-order chi connectivity index (χ0) is 13.4. The molecule has 0 saturated carbocycles. The molecular formula is C16H11N4. The molecule has 0 spiro atoms. The van der Waals surface area contributed by atoms with Crippen molar-refractivity contribution in [1.82, 2.24) is 19.7 Å². The minimum atomic E-state index is 0.867. The summed E-state index contributed by atoms with van der Waals surface area (Å²) in [5, 5.41) is 5.50. The van der Waals surface area contributed by atoms with Crippen LogP contribution < -0.4 is 0 Å². The van der Waals surface area contributed by atoms with Gasteiger partial charge in [0.15, 0.2) is 0 Å². The fourth-order valence-electron chi connectivity index (χ4n) is 2.31. The van der Waals surface area contributed by atoms with E-state index in [1.807, 2.05) is 59.7 Å². The Balaban J connectivity index is 1.84. The molecular weight excluding hydrogens is 248 g/mol. The summed E-state index contributed by atoms with van der Waals surface area (Å²) in [5.41, 5.74) is 3.97. The van der Waals surface area contributed by atoms with E-state index in [4.69, 9.17) is 0 Å². The van der Waals surface area contributed by atoms with Crippen LogP contribution in [0.15, 0.2) is 61.2 Å². The fraction of sp³-hybridized carbons (Fsp3) is 0. The smallest absolute Gasteiger partial charge is 0.139 e. The molecule has 4 aromatic rings. The van der Waals surface area contributed by atoms with Gasteiger partial charge >= 0.3 is 0 Å². The lowest BCUT2D eigenvalue weighted by atomic mass is 10.1. The molecule has 0 aliphatic carbocycles. The highest BCUT2D eigenvalue weighted by Gasteiger charge is 2.07. The minimum Gasteiger partial charge on any atom is -0.346 e. The van der Waals surface area contributed by atoms with Crippen LogP contribution in [0.25, 0.3) is 27.8 Å². The number of hydrogen-bond donors (Lipinski definition) is 1. The zero-order valence-corrected chi connectivity index (χ0v) is 10.6. The van der Waals surface area contributed by atoms with Gasteiger partial charge < -0.3 is 4.98 Å². The second-order valence-corrected chi connectivity index (χ2v) is 4.52. The van der Waals surface area contributed by atoms with Gasteiger partial charge in [0.1, 0.15) is 5.65 Å². The van der Waals surface area contributed by atoms with Crippen molar-refractivity contribution in [2.75, 3.05) is 0 Å². The van der Waals surface area contributed by atoms with Gasteiger partial charge in [0, 0.05) is 29.5 Å². The molecule has 0 bridgehead atoms. The number of pyridine rings is 1. The molecule has 0 aliphatic rings. The van der Waals surface area contributed by atoms with Gasteiger partial charge in [0.05, 0.1) is 11.9 Å². The van der Waals surface area contributed by atoms with Crippen LogP contribution in [0.1, 0.15) is 0 Å². The zero-order valence-electron chi connectivity index (χ0n) is 10.6. The van der Waals surface area contributed by atoms with Gasteiger partial charge in [-0.1, -0.05) is 24.3 Å². The van der Waals surface area contributed by atoms with Crippen molar-refractivity contribution >= 4 is 11.0 Å². The average Bonchev–Trinajstić information content (AvgIpc) is 3.17. The van der Waals surface area contributed by atoms with Gasteiger partial charge in [-0.25, -0.2) is 9.67 Å². The highest BCUT2D eigenvalue weighted by atomic mass is 15.3. The summed E-state index contributed by atoms with van der Waals surface area (Å²) in [6.45, 7) is 0. The molecule has 0 amide bonds. The Kier molecular flexibility index (Phi) is 2.39. The number of hydrogen-bond acceptors (Lipinski definition) is 2. The van der Waals surface area contributed by atoms with E-state index in [2.05, 4.69) is 21.1 Å². The maximum Gasteiger partial charge on any atom is 0.139 e. The van der Waals surface area contributed by atoms with Gasteiger partial charge in [-0.3, -0.25) is 0 Å². The van der Waals surface area contributed by atoms with E-state index in [1.54, 1.807) is 6.20 Å². The Bertz CT molecular complexity index is 858. The highest BCUT2D eigenvalue weighted by Crippen LogP contribution is 2.22. The quantitative estimate of drug-likeness (QED) is 0.601. The third kappa shape index (κ3) is 1.70. The number of aromatic nitrogens is 4. The van der Waals surface area contributed by atoms with Crippen molar-refractivity contribution in [2.45, 2.75) is 0 Å². The van der Waals surface area contributed by atoms with E-state index in [0.717, 1.165) is 27.8 Å². The first-order chi connectivity index (χ1) is 9.92. The first kappa shape index (κ1) is 11.0. The van der Waals surface area contributed by atoms with Crippen LogP contribution in [0.5, 0.6) is 0 Å². The Labute approximate surface area is 115 Å². The third-order valence-corrected chi connectivity index (χ3v) is 3.29. The van der Waals surface area contributed by atoms with E-state index in [0.29, 0.717) is 0 Å². The summed E-state index contributed by atoms with van der Waals surface area (Å²) >= 11 is 0. The van der Waals surface area contributed by atoms with Crippen LogP contribution in [0.2, 0.25) is 0 Å². The molecule has 0 fully saturated rings. The molecule has 3 heterocycles. The second kappa shape index (κ2) is 4.35. The average molecular weight is 259 g/mol. The second-order valence-electron chi connectivity index (χ2n) is 4.52. The lowest BCUT2D eigenvalue weighted by Gasteiger charge is -2.02. The van der Waals surface area contributed by atoms with E-state index in [1.165, 1.54) is 0 Å². The number of benzene rings is 1. The summed E-state index contributed by atoms with van der Waals surface area (Å²) in [5.74, 6) is 0. The monoisotopic (exact) mass is 259 g/mol. The van der Waals surface area contributed by atoms with Gasteiger partial charge in [-0.05, 0) is 23.8 Å². The Morgan fingerprint density at radius 1 is 1.15 bits per heavy atom. The maximum atomic E-state index is 4.45. The highest BCUT2D eigenvalue weighted by molar-refractivity contribution is 5.84. The SMILES string of the molecule is [c]1ccccc1-c1cnn(-c2ccnc3[nH]ccc23)c1. The Hall–Kier alpha value is -2.88. The lowest BCUT2D eigenvalue weighted by Crippen LogP contribution is -1.95. The summed E-state index contributed by atoms with van der Waals surface area (Å²) in [4.78, 5) is 7.40. The summed E-state index contributed by atoms with van der Waals surface area (Å²) in [7, 11) is 0. The summed E-state index contributed by atoms with van der Waals surface area (Å²) < 4.78 is 1.87. The van der Waals surface area contributed by atoms with Crippen LogP contribution >= 0.6 is 0 Å². The Morgan fingerprint density at radius 3 is 3.05 bits per heavy atom. The van der Waals surface area contributed by atoms with Crippen molar-refractivity contribution < 1.29 is 0 Å². The standard InChI is InChI=1S/C16H11N4/c1-2-4-12(5-3-1)13-10-19-20(11-13)15-7-9-18-16-14(15)6-8-17-16/h1-4,6-11H,(H,17,18). The van der Waals surface area contributed by atoms with Crippen molar-refractivity contribution in [3.05, 3.63) is 67.3 Å². The summed E-state index contributed by atoms with van der Waals surface area (Å²) in [6.07, 6.45) is 7.53. The molecule has 95 valence electrons. The number of nitrogens with zero attached hydrogens (tertiary/aromatic N) is 3. The van der Waals surface area contributed by atoms with Crippen molar-refractivity contribution in [3.63, 3.8) is 0 Å². The first-order valence-corrected chi connectivity index (χ1v) is 6.36. The van der Waals surface area contributed by atoms with Gasteiger partial charge in [0.25, 0.3) is 0 Å². The molecule has 0 aliphatic heterocycles. The predicted molar refractivity (Wildman–Crippen MR) is 77.5 cm³/mol. The number of nitrogens with one attached hydrogen (secondary N) is 1. The summed E-state index contributed by atoms with van der Waals surface area (Å²) in [6, 6.07) is 15.1. The first-order valence-electron chi connectivity index (χ1n) is 6.36. The van der Waals surface area contributed by atoms with Crippen LogP contribution in [0, 0.1) is 6.07 Å². The minimum absolute atomic E-state index is 0.867. The van der Waals surface area contributed by atoms with Crippen LogP contribution in [-0.2, 0) is 0 Å². The molecule has 0 unspecified atom stereocenters. The molecule has 4 nitrogen and oxygen atoms in total. The van der Waals surface area contributed by atoms with Gasteiger partial charge in [-0.15, -0.1) is 0 Å². The Morgan fingerprint density at radius 2 is 2.15 bits per heavy atom. The van der Waals surface area contributed by atoms with Crippen molar-refractivity contribution in [2.24, 2.45) is 0 Å². The van der Waals surface area contributed by atoms with Crippen LogP contribution in [0.3, 0.4) is 0 Å². The molecule has 4 rings (SSSR count). The third-order valence-electron chi connectivity index (χ3n) is 3.29. The topological polar surface area (TPSA) is 46.5 Å². The van der Waals surface area contributed by atoms with Crippen LogP contribution in [-0.4, -0.2) is 19.7 Å². The number of fused-ring (bicyclic) bond motifs is 1. The van der Waals surface area contributed by atoms with Crippen molar-refractivity contribution in [1.29, 1.82) is 0 Å². The van der Waals surface area contributed by atoms with Gasteiger partial charge in [-0.2, -0.15) is 5.10 Å². The van der Waals surface area contributed by atoms with Gasteiger partial charge in [0.2, 0.25) is 0 Å². The lowest BCUT2D eigenvalue weighted by molar-refractivity contribution is 0.886. The van der Waals surface area contributed by atoms with E-state index >= 15 is 0 Å². The molecule has 3 aromatic heterocycles. The van der Waals surface area contributed by atoms with Crippen LogP contribution in [0.4, 0.5) is 0 Å². The fourth-order valence-corrected chi connectivity index (χ4v) is 2.31. The van der Waals surface area contributed by atoms with E-state index < -0.39 is 0 Å². The molecule has 1 aromatic carbocycles. The molecule has 4 heteroatoms.